The summed E-state index contributed by atoms with van der Waals surface area (Å²) in [5, 5.41) is 1.35. The van der Waals surface area contributed by atoms with Crippen molar-refractivity contribution in [3.8, 4) is 0 Å². The maximum Gasteiger partial charge on any atom is 0.252 e. The first kappa shape index (κ1) is 24.7. The summed E-state index contributed by atoms with van der Waals surface area (Å²) in [4.78, 5) is 22.2. The Morgan fingerprint density at radius 3 is 2.72 bits per heavy atom. The number of fused-ring (bicyclic) bond motifs is 1. The number of hydrogen-bond donors (Lipinski definition) is 0. The Hall–Kier alpha value is -1.96. The van der Waals surface area contributed by atoms with Gasteiger partial charge in [0, 0.05) is 37.3 Å². The average Bonchev–Trinajstić information content (AvgIpc) is 3.21. The van der Waals surface area contributed by atoms with E-state index in [0.29, 0.717) is 11.6 Å². The molecular weight excluding hydrogens is 465 g/mol. The summed E-state index contributed by atoms with van der Waals surface area (Å²) in [6.45, 7) is 8.76. The smallest absolute Gasteiger partial charge is 0.252 e. The Morgan fingerprint density at radius 1 is 1.22 bits per heavy atom. The second-order valence-corrected chi connectivity index (χ2v) is 9.07. The third-order valence-corrected chi connectivity index (χ3v) is 7.01. The maximum absolute atomic E-state index is 13.2. The number of ether oxygens (including phenoxy) is 1. The Balaban J connectivity index is 0.00000289. The first-order valence-electron chi connectivity index (χ1n) is 10.4. The highest BCUT2D eigenvalue weighted by Gasteiger charge is 2.21. The Bertz CT molecular complexity index is 1110. The molecule has 0 spiro atoms. The van der Waals surface area contributed by atoms with Crippen LogP contribution in [-0.4, -0.2) is 55.2 Å². The lowest BCUT2D eigenvalue weighted by Gasteiger charge is -2.28. The van der Waals surface area contributed by atoms with Gasteiger partial charge in [-0.2, -0.15) is 0 Å². The number of carbonyl (C=O) groups excluding carboxylic acids is 1. The minimum Gasteiger partial charge on any atom is -0.379 e. The SMILES string of the molecule is Cc1ccc2sc(N(CCN3CCOCC3)C(=O)/C=C/c3ccccc3Cl)nc2c1C.Cl. The van der Waals surface area contributed by atoms with Crippen molar-refractivity contribution in [3.63, 3.8) is 0 Å². The minimum absolute atomic E-state index is 0. The number of anilines is 1. The van der Waals surface area contributed by atoms with E-state index in [2.05, 4.69) is 30.9 Å². The number of rotatable bonds is 6. The fraction of sp³-hybridized carbons (Fsp3) is 0.333. The van der Waals surface area contributed by atoms with Crippen molar-refractivity contribution in [1.29, 1.82) is 0 Å². The van der Waals surface area contributed by atoms with Crippen molar-refractivity contribution in [2.45, 2.75) is 13.8 Å². The molecule has 1 aliphatic heterocycles. The van der Waals surface area contributed by atoms with Crippen molar-refractivity contribution < 1.29 is 9.53 Å². The number of aromatic nitrogens is 1. The number of aryl methyl sites for hydroxylation is 2. The van der Waals surface area contributed by atoms with E-state index in [0.717, 1.165) is 59.3 Å². The van der Waals surface area contributed by atoms with E-state index in [4.69, 9.17) is 21.3 Å². The van der Waals surface area contributed by atoms with Crippen LogP contribution in [0.1, 0.15) is 16.7 Å². The summed E-state index contributed by atoms with van der Waals surface area (Å²) in [6.07, 6.45) is 3.36. The van der Waals surface area contributed by atoms with Crippen LogP contribution in [0.5, 0.6) is 0 Å². The molecule has 0 aliphatic carbocycles. The second kappa shape index (κ2) is 11.3. The summed E-state index contributed by atoms with van der Waals surface area (Å²) in [7, 11) is 0. The zero-order chi connectivity index (χ0) is 21.8. The summed E-state index contributed by atoms with van der Waals surface area (Å²) < 4.78 is 6.54. The first-order valence-corrected chi connectivity index (χ1v) is 11.6. The molecular formula is C24H27Cl2N3O2S. The fourth-order valence-corrected chi connectivity index (χ4v) is 4.81. The number of thiazole rings is 1. The van der Waals surface area contributed by atoms with Gasteiger partial charge in [0.25, 0.3) is 5.91 Å². The van der Waals surface area contributed by atoms with Gasteiger partial charge >= 0.3 is 0 Å². The van der Waals surface area contributed by atoms with Crippen LogP contribution < -0.4 is 4.90 Å². The van der Waals surface area contributed by atoms with E-state index in [9.17, 15) is 4.79 Å². The third-order valence-electron chi connectivity index (χ3n) is 5.62. The molecule has 1 saturated heterocycles. The van der Waals surface area contributed by atoms with E-state index < -0.39 is 0 Å². The molecule has 3 aromatic rings. The van der Waals surface area contributed by atoms with Crippen molar-refractivity contribution in [2.24, 2.45) is 0 Å². The quantitative estimate of drug-likeness (QED) is 0.435. The molecule has 0 bridgehead atoms. The molecule has 4 rings (SSSR count). The number of benzene rings is 2. The molecule has 1 amide bonds. The molecule has 0 N–H and O–H groups in total. The molecule has 0 atom stereocenters. The lowest BCUT2D eigenvalue weighted by atomic mass is 10.1. The highest BCUT2D eigenvalue weighted by Crippen LogP contribution is 2.32. The van der Waals surface area contributed by atoms with Crippen LogP contribution in [0.15, 0.2) is 42.5 Å². The Morgan fingerprint density at radius 2 is 1.97 bits per heavy atom. The van der Waals surface area contributed by atoms with Gasteiger partial charge in [0.1, 0.15) is 0 Å². The zero-order valence-electron chi connectivity index (χ0n) is 18.2. The largest absolute Gasteiger partial charge is 0.379 e. The van der Waals surface area contributed by atoms with Gasteiger partial charge in [0.05, 0.1) is 23.4 Å². The van der Waals surface area contributed by atoms with Crippen LogP contribution in [0, 0.1) is 13.8 Å². The molecule has 2 heterocycles. The third kappa shape index (κ3) is 5.69. The van der Waals surface area contributed by atoms with Gasteiger partial charge in [-0.1, -0.05) is 47.2 Å². The van der Waals surface area contributed by atoms with Crippen molar-refractivity contribution in [1.82, 2.24) is 9.88 Å². The monoisotopic (exact) mass is 491 g/mol. The minimum atomic E-state index is -0.0957. The van der Waals surface area contributed by atoms with E-state index >= 15 is 0 Å². The first-order chi connectivity index (χ1) is 15.0. The van der Waals surface area contributed by atoms with Gasteiger partial charge < -0.3 is 4.74 Å². The molecule has 0 saturated carbocycles. The Kier molecular flexibility index (Phi) is 8.68. The topological polar surface area (TPSA) is 45.7 Å². The maximum atomic E-state index is 13.2. The molecule has 170 valence electrons. The van der Waals surface area contributed by atoms with Crippen molar-refractivity contribution in [3.05, 3.63) is 64.2 Å². The predicted octanol–water partition coefficient (Wildman–Crippen LogP) is 5.37. The van der Waals surface area contributed by atoms with Crippen LogP contribution in [0.25, 0.3) is 16.3 Å². The number of carbonyl (C=O) groups is 1. The molecule has 0 radical (unpaired) electrons. The molecule has 1 fully saturated rings. The van der Waals surface area contributed by atoms with Crippen LogP contribution >= 0.6 is 35.3 Å². The van der Waals surface area contributed by atoms with Gasteiger partial charge in [0.2, 0.25) is 0 Å². The van der Waals surface area contributed by atoms with Gasteiger partial charge in [-0.3, -0.25) is 14.6 Å². The predicted molar refractivity (Wildman–Crippen MR) is 136 cm³/mol. The summed E-state index contributed by atoms with van der Waals surface area (Å²) in [5.74, 6) is -0.0957. The lowest BCUT2D eigenvalue weighted by molar-refractivity contribution is -0.114. The van der Waals surface area contributed by atoms with E-state index in [-0.39, 0.29) is 18.3 Å². The highest BCUT2D eigenvalue weighted by molar-refractivity contribution is 7.22. The molecule has 2 aromatic carbocycles. The van der Waals surface area contributed by atoms with E-state index in [1.165, 1.54) is 5.56 Å². The van der Waals surface area contributed by atoms with Gasteiger partial charge in [-0.15, -0.1) is 12.4 Å². The summed E-state index contributed by atoms with van der Waals surface area (Å²) >= 11 is 7.81. The molecule has 0 unspecified atom stereocenters. The molecule has 5 nitrogen and oxygen atoms in total. The molecule has 8 heteroatoms. The fourth-order valence-electron chi connectivity index (χ4n) is 3.56. The van der Waals surface area contributed by atoms with Crippen LogP contribution in [0.3, 0.4) is 0 Å². The Labute approximate surface area is 204 Å². The molecule has 1 aliphatic rings. The average molecular weight is 492 g/mol. The molecule has 1 aromatic heterocycles. The number of morpholine rings is 1. The van der Waals surface area contributed by atoms with Crippen LogP contribution in [0.4, 0.5) is 5.13 Å². The normalized spacial score (nSPS) is 14.6. The highest BCUT2D eigenvalue weighted by atomic mass is 35.5. The van der Waals surface area contributed by atoms with E-state index in [1.807, 2.05) is 24.3 Å². The number of amides is 1. The number of hydrogen-bond acceptors (Lipinski definition) is 5. The van der Waals surface area contributed by atoms with Gasteiger partial charge in [0.15, 0.2) is 5.13 Å². The van der Waals surface area contributed by atoms with Crippen molar-refractivity contribution >= 4 is 62.7 Å². The van der Waals surface area contributed by atoms with Gasteiger partial charge in [-0.05, 0) is 48.7 Å². The summed E-state index contributed by atoms with van der Waals surface area (Å²) in [6, 6.07) is 11.7. The van der Waals surface area contributed by atoms with Crippen LogP contribution in [-0.2, 0) is 9.53 Å². The zero-order valence-corrected chi connectivity index (χ0v) is 20.6. The number of nitrogens with zero attached hydrogens (tertiary/aromatic N) is 3. The van der Waals surface area contributed by atoms with Gasteiger partial charge in [-0.25, -0.2) is 4.98 Å². The number of halogens is 2. The van der Waals surface area contributed by atoms with Crippen molar-refractivity contribution in [2.75, 3.05) is 44.3 Å². The standard InChI is InChI=1S/C24H26ClN3O2S.ClH/c1-17-7-9-21-23(18(17)2)26-24(31-21)28(12-11-27-13-15-30-16-14-27)22(29)10-8-19-5-3-4-6-20(19)25;/h3-10H,11-16H2,1-2H3;1H/b10-8+;. The summed E-state index contributed by atoms with van der Waals surface area (Å²) in [5.41, 5.74) is 4.15. The van der Waals surface area contributed by atoms with Crippen LogP contribution in [0.2, 0.25) is 5.02 Å². The second-order valence-electron chi connectivity index (χ2n) is 7.65. The molecule has 32 heavy (non-hydrogen) atoms. The lowest BCUT2D eigenvalue weighted by Crippen LogP contribution is -2.42. The van der Waals surface area contributed by atoms with E-state index in [1.54, 1.807) is 28.4 Å².